The number of halogens is 2. The van der Waals surface area contributed by atoms with Gasteiger partial charge in [-0.25, -0.2) is 0 Å². The molecule has 27 heavy (non-hydrogen) atoms. The SMILES string of the molecule is O=C(N[C@H](C(=O)Nc1cccc(Cl)c1)c1ccccc1Cl)c1ccccc1. The summed E-state index contributed by atoms with van der Waals surface area (Å²) in [5.74, 6) is -0.795. The molecule has 3 aromatic rings. The number of benzene rings is 3. The Balaban J connectivity index is 1.89. The van der Waals surface area contributed by atoms with Gasteiger partial charge in [0, 0.05) is 26.9 Å². The molecule has 1 atom stereocenters. The molecule has 0 aliphatic heterocycles. The monoisotopic (exact) mass is 398 g/mol. The first kappa shape index (κ1) is 19.0. The van der Waals surface area contributed by atoms with Crippen LogP contribution in [0.5, 0.6) is 0 Å². The minimum absolute atomic E-state index is 0.373. The molecule has 6 heteroatoms. The second-order valence-electron chi connectivity index (χ2n) is 5.79. The molecule has 0 aliphatic carbocycles. The number of nitrogens with one attached hydrogen (secondary N) is 2. The molecular formula is C21H16Cl2N2O2. The maximum absolute atomic E-state index is 12.9. The summed E-state index contributed by atoms with van der Waals surface area (Å²) in [4.78, 5) is 25.5. The molecule has 0 fully saturated rings. The summed E-state index contributed by atoms with van der Waals surface area (Å²) in [7, 11) is 0. The Bertz CT molecular complexity index is 961. The first-order valence-electron chi connectivity index (χ1n) is 8.21. The Morgan fingerprint density at radius 3 is 2.22 bits per heavy atom. The highest BCUT2D eigenvalue weighted by atomic mass is 35.5. The van der Waals surface area contributed by atoms with Gasteiger partial charge in [-0.2, -0.15) is 0 Å². The number of hydrogen-bond donors (Lipinski definition) is 2. The van der Waals surface area contributed by atoms with Crippen molar-refractivity contribution in [3.8, 4) is 0 Å². The highest BCUT2D eigenvalue weighted by molar-refractivity contribution is 6.32. The maximum Gasteiger partial charge on any atom is 0.252 e. The van der Waals surface area contributed by atoms with Crippen molar-refractivity contribution in [3.05, 3.63) is 100 Å². The fourth-order valence-corrected chi connectivity index (χ4v) is 3.01. The van der Waals surface area contributed by atoms with E-state index >= 15 is 0 Å². The first-order chi connectivity index (χ1) is 13.0. The van der Waals surface area contributed by atoms with Gasteiger partial charge in [0.05, 0.1) is 0 Å². The zero-order valence-corrected chi connectivity index (χ0v) is 15.7. The highest BCUT2D eigenvalue weighted by Gasteiger charge is 2.25. The van der Waals surface area contributed by atoms with Gasteiger partial charge in [0.15, 0.2) is 0 Å². The van der Waals surface area contributed by atoms with Gasteiger partial charge in [-0.1, -0.05) is 65.7 Å². The van der Waals surface area contributed by atoms with E-state index < -0.39 is 11.9 Å². The number of anilines is 1. The quantitative estimate of drug-likeness (QED) is 0.627. The van der Waals surface area contributed by atoms with E-state index in [1.54, 1.807) is 72.8 Å². The molecule has 0 bridgehead atoms. The van der Waals surface area contributed by atoms with Crippen molar-refractivity contribution in [1.82, 2.24) is 5.32 Å². The topological polar surface area (TPSA) is 58.2 Å². The van der Waals surface area contributed by atoms with Crippen LogP contribution in [0.15, 0.2) is 78.9 Å². The Labute approximate surface area is 167 Å². The normalized spacial score (nSPS) is 11.5. The molecule has 4 nitrogen and oxygen atoms in total. The van der Waals surface area contributed by atoms with E-state index in [1.807, 2.05) is 6.07 Å². The third-order valence-electron chi connectivity index (χ3n) is 3.88. The van der Waals surface area contributed by atoms with Gasteiger partial charge < -0.3 is 10.6 Å². The lowest BCUT2D eigenvalue weighted by atomic mass is 10.0. The third kappa shape index (κ3) is 4.88. The zero-order valence-electron chi connectivity index (χ0n) is 14.2. The molecule has 0 saturated heterocycles. The smallest absolute Gasteiger partial charge is 0.252 e. The molecule has 0 heterocycles. The largest absolute Gasteiger partial charge is 0.336 e. The average molecular weight is 399 g/mol. The van der Waals surface area contributed by atoms with Gasteiger partial charge in [-0.15, -0.1) is 0 Å². The molecule has 136 valence electrons. The number of amides is 2. The van der Waals surface area contributed by atoms with Gasteiger partial charge in [-0.05, 0) is 36.4 Å². The van der Waals surface area contributed by atoms with E-state index in [9.17, 15) is 9.59 Å². The molecule has 2 amide bonds. The average Bonchev–Trinajstić information content (AvgIpc) is 2.67. The Morgan fingerprint density at radius 2 is 1.52 bits per heavy atom. The summed E-state index contributed by atoms with van der Waals surface area (Å²) in [6.45, 7) is 0. The summed E-state index contributed by atoms with van der Waals surface area (Å²) in [6, 6.07) is 21.4. The fourth-order valence-electron chi connectivity index (χ4n) is 2.58. The van der Waals surface area contributed by atoms with E-state index in [2.05, 4.69) is 10.6 Å². The Hall–Kier alpha value is -2.82. The zero-order chi connectivity index (χ0) is 19.2. The van der Waals surface area contributed by atoms with Crippen LogP contribution in [-0.4, -0.2) is 11.8 Å². The molecule has 0 unspecified atom stereocenters. The molecule has 2 N–H and O–H groups in total. The second kappa shape index (κ2) is 8.71. The van der Waals surface area contributed by atoms with E-state index in [4.69, 9.17) is 23.2 Å². The lowest BCUT2D eigenvalue weighted by molar-refractivity contribution is -0.118. The van der Waals surface area contributed by atoms with Crippen LogP contribution in [-0.2, 0) is 4.79 Å². The molecular weight excluding hydrogens is 383 g/mol. The van der Waals surface area contributed by atoms with Crippen LogP contribution in [0.2, 0.25) is 10.0 Å². The van der Waals surface area contributed by atoms with E-state index in [0.717, 1.165) is 0 Å². The standard InChI is InChI=1S/C21H16Cl2N2O2/c22-15-9-6-10-16(13-15)24-21(27)19(17-11-4-5-12-18(17)23)25-20(26)14-7-2-1-3-8-14/h1-13,19H,(H,24,27)(H,25,26)/t19-/m0/s1. The minimum atomic E-state index is -0.967. The number of carbonyl (C=O) groups is 2. The van der Waals surface area contributed by atoms with E-state index in [-0.39, 0.29) is 5.91 Å². The Kier molecular flexibility index (Phi) is 6.12. The van der Waals surface area contributed by atoms with Crippen LogP contribution in [0.1, 0.15) is 22.0 Å². The summed E-state index contributed by atoms with van der Waals surface area (Å²) in [5, 5.41) is 6.41. The summed E-state index contributed by atoms with van der Waals surface area (Å²) < 4.78 is 0. The van der Waals surface area contributed by atoms with Gasteiger partial charge in [0.1, 0.15) is 6.04 Å². The van der Waals surface area contributed by atoms with Crippen LogP contribution in [0.4, 0.5) is 5.69 Å². The first-order valence-corrected chi connectivity index (χ1v) is 8.97. The fraction of sp³-hybridized carbons (Fsp3) is 0.0476. The third-order valence-corrected chi connectivity index (χ3v) is 4.46. The van der Waals surface area contributed by atoms with Crippen molar-refractivity contribution in [2.75, 3.05) is 5.32 Å². The number of carbonyl (C=O) groups excluding carboxylic acids is 2. The van der Waals surface area contributed by atoms with Crippen LogP contribution in [0, 0.1) is 0 Å². The highest BCUT2D eigenvalue weighted by Crippen LogP contribution is 2.25. The molecule has 0 spiro atoms. The Morgan fingerprint density at radius 1 is 0.815 bits per heavy atom. The van der Waals surface area contributed by atoms with E-state index in [0.29, 0.717) is 26.9 Å². The number of hydrogen-bond acceptors (Lipinski definition) is 2. The number of rotatable bonds is 5. The van der Waals surface area contributed by atoms with Gasteiger partial charge in [-0.3, -0.25) is 9.59 Å². The molecule has 0 saturated carbocycles. The van der Waals surface area contributed by atoms with Crippen molar-refractivity contribution in [1.29, 1.82) is 0 Å². The molecule has 0 aromatic heterocycles. The summed E-state index contributed by atoms with van der Waals surface area (Å²) >= 11 is 12.2. The predicted octanol–water partition coefficient (Wildman–Crippen LogP) is 5.10. The summed E-state index contributed by atoms with van der Waals surface area (Å²) in [5.41, 5.74) is 1.48. The summed E-state index contributed by atoms with van der Waals surface area (Å²) in [6.07, 6.45) is 0. The lowest BCUT2D eigenvalue weighted by Gasteiger charge is -2.20. The van der Waals surface area contributed by atoms with E-state index in [1.165, 1.54) is 0 Å². The molecule has 0 radical (unpaired) electrons. The minimum Gasteiger partial charge on any atom is -0.336 e. The second-order valence-corrected chi connectivity index (χ2v) is 6.64. The van der Waals surface area contributed by atoms with Crippen molar-refractivity contribution >= 4 is 40.7 Å². The van der Waals surface area contributed by atoms with Gasteiger partial charge >= 0.3 is 0 Å². The predicted molar refractivity (Wildman–Crippen MR) is 108 cm³/mol. The van der Waals surface area contributed by atoms with Crippen LogP contribution < -0.4 is 10.6 Å². The maximum atomic E-state index is 12.9. The molecule has 0 aliphatic rings. The van der Waals surface area contributed by atoms with Gasteiger partial charge in [0.2, 0.25) is 0 Å². The van der Waals surface area contributed by atoms with Crippen LogP contribution >= 0.6 is 23.2 Å². The lowest BCUT2D eigenvalue weighted by Crippen LogP contribution is -2.37. The van der Waals surface area contributed by atoms with Crippen molar-refractivity contribution in [2.45, 2.75) is 6.04 Å². The van der Waals surface area contributed by atoms with Crippen LogP contribution in [0.3, 0.4) is 0 Å². The molecule has 3 rings (SSSR count). The van der Waals surface area contributed by atoms with Crippen molar-refractivity contribution < 1.29 is 9.59 Å². The van der Waals surface area contributed by atoms with Crippen molar-refractivity contribution in [2.24, 2.45) is 0 Å². The van der Waals surface area contributed by atoms with Crippen LogP contribution in [0.25, 0.3) is 0 Å². The molecule has 3 aromatic carbocycles. The van der Waals surface area contributed by atoms with Gasteiger partial charge in [0.25, 0.3) is 11.8 Å². The van der Waals surface area contributed by atoms with Crippen molar-refractivity contribution in [3.63, 3.8) is 0 Å².